The van der Waals surface area contributed by atoms with Gasteiger partial charge in [0.15, 0.2) is 9.78 Å². The van der Waals surface area contributed by atoms with Gasteiger partial charge in [0.1, 0.15) is 11.5 Å². The maximum Gasteiger partial charge on any atom is 0.281 e. The summed E-state index contributed by atoms with van der Waals surface area (Å²) in [5.41, 5.74) is 1.12. The maximum atomic E-state index is 12.4. The van der Waals surface area contributed by atoms with E-state index in [-0.39, 0.29) is 5.91 Å². The van der Waals surface area contributed by atoms with E-state index in [4.69, 9.17) is 16.6 Å². The molecule has 2 heterocycles. The van der Waals surface area contributed by atoms with E-state index in [9.17, 15) is 4.79 Å². The Morgan fingerprint density at radius 1 is 1.20 bits per heavy atom. The molecule has 0 aliphatic carbocycles. The van der Waals surface area contributed by atoms with Crippen molar-refractivity contribution in [1.82, 2.24) is 5.32 Å². The minimum Gasteiger partial charge on any atom is -0.450 e. The summed E-state index contributed by atoms with van der Waals surface area (Å²) in [5.74, 6) is 0.374. The molecule has 1 aromatic carbocycles. The summed E-state index contributed by atoms with van der Waals surface area (Å²) in [7, 11) is 0. The first kappa shape index (κ1) is 13.1. The van der Waals surface area contributed by atoms with Crippen molar-refractivity contribution in [1.29, 1.82) is 0 Å². The maximum absolute atomic E-state index is 12.4. The molecule has 100 valence electrons. The van der Waals surface area contributed by atoms with Gasteiger partial charge in [-0.15, -0.1) is 0 Å². The van der Waals surface area contributed by atoms with Crippen molar-refractivity contribution in [2.75, 3.05) is 4.90 Å². The van der Waals surface area contributed by atoms with E-state index < -0.39 is 0 Å². The summed E-state index contributed by atoms with van der Waals surface area (Å²) in [5, 5.41) is 3.26. The smallest absolute Gasteiger partial charge is 0.281 e. The van der Waals surface area contributed by atoms with Crippen molar-refractivity contribution >= 4 is 50.9 Å². The Balaban J connectivity index is 1.93. The van der Waals surface area contributed by atoms with E-state index >= 15 is 0 Å². The lowest BCUT2D eigenvalue weighted by Gasteiger charge is -2.13. The van der Waals surface area contributed by atoms with Gasteiger partial charge in [0, 0.05) is 6.08 Å². The Morgan fingerprint density at radius 2 is 1.95 bits per heavy atom. The molecule has 4 nitrogen and oxygen atoms in total. The third-order valence-electron chi connectivity index (χ3n) is 2.77. The quantitative estimate of drug-likeness (QED) is 0.668. The highest BCUT2D eigenvalue weighted by Crippen LogP contribution is 2.23. The number of halogens is 1. The molecule has 1 saturated heterocycles. The minimum atomic E-state index is -0.200. The van der Waals surface area contributed by atoms with E-state index in [2.05, 4.69) is 21.2 Å². The molecule has 0 bridgehead atoms. The van der Waals surface area contributed by atoms with Crippen LogP contribution in [0.1, 0.15) is 5.76 Å². The number of carbonyl (C=O) groups is 1. The van der Waals surface area contributed by atoms with Gasteiger partial charge in [-0.1, -0.05) is 18.2 Å². The molecule has 2 aromatic rings. The summed E-state index contributed by atoms with van der Waals surface area (Å²) < 4.78 is 5.96. The number of nitrogens with one attached hydrogen (secondary N) is 1. The molecule has 1 aliphatic rings. The SMILES string of the molecule is O=C1/C(=C/c2ccc(Br)o2)NC(=S)N1c1ccccc1. The second kappa shape index (κ2) is 5.22. The van der Waals surface area contributed by atoms with Gasteiger partial charge in [0.25, 0.3) is 5.91 Å². The zero-order valence-corrected chi connectivity index (χ0v) is 12.6. The van der Waals surface area contributed by atoms with E-state index in [0.717, 1.165) is 5.69 Å². The molecule has 1 aliphatic heterocycles. The lowest BCUT2D eigenvalue weighted by molar-refractivity contribution is -0.113. The van der Waals surface area contributed by atoms with Gasteiger partial charge in [-0.3, -0.25) is 9.69 Å². The van der Waals surface area contributed by atoms with Crippen LogP contribution in [-0.2, 0) is 4.79 Å². The normalized spacial score (nSPS) is 16.9. The molecule has 0 unspecified atom stereocenters. The first-order valence-corrected chi connectivity index (χ1v) is 7.03. The van der Waals surface area contributed by atoms with Crippen molar-refractivity contribution in [2.45, 2.75) is 0 Å². The summed E-state index contributed by atoms with van der Waals surface area (Å²) >= 11 is 8.43. The molecule has 0 spiro atoms. The van der Waals surface area contributed by atoms with E-state index in [1.165, 1.54) is 4.90 Å². The van der Waals surface area contributed by atoms with Gasteiger partial charge in [0.05, 0.1) is 5.69 Å². The molecular formula is C14H9BrN2O2S. The number of furan rings is 1. The number of anilines is 1. The van der Waals surface area contributed by atoms with Gasteiger partial charge in [-0.2, -0.15) is 0 Å². The van der Waals surface area contributed by atoms with Crippen molar-refractivity contribution in [2.24, 2.45) is 0 Å². The van der Waals surface area contributed by atoms with Crippen LogP contribution in [0, 0.1) is 0 Å². The van der Waals surface area contributed by atoms with Gasteiger partial charge in [-0.05, 0) is 52.4 Å². The lowest BCUT2D eigenvalue weighted by atomic mass is 10.3. The number of hydrogen-bond acceptors (Lipinski definition) is 3. The molecule has 1 N–H and O–H groups in total. The number of carbonyl (C=O) groups excluding carboxylic acids is 1. The lowest BCUT2D eigenvalue weighted by Crippen LogP contribution is -2.30. The van der Waals surface area contributed by atoms with Crippen LogP contribution in [0.3, 0.4) is 0 Å². The Labute approximate surface area is 129 Å². The van der Waals surface area contributed by atoms with Gasteiger partial charge < -0.3 is 9.73 Å². The fourth-order valence-electron chi connectivity index (χ4n) is 1.89. The van der Waals surface area contributed by atoms with Crippen molar-refractivity contribution in [3.05, 3.63) is 58.6 Å². The van der Waals surface area contributed by atoms with Crippen LogP contribution in [0.25, 0.3) is 6.08 Å². The Kier molecular flexibility index (Phi) is 3.42. The third-order valence-corrected chi connectivity index (χ3v) is 3.48. The number of rotatable bonds is 2. The van der Waals surface area contributed by atoms with E-state index in [0.29, 0.717) is 21.2 Å². The Bertz CT molecular complexity index is 709. The number of amides is 1. The highest BCUT2D eigenvalue weighted by Gasteiger charge is 2.31. The summed E-state index contributed by atoms with van der Waals surface area (Å²) in [4.78, 5) is 13.8. The fraction of sp³-hybridized carbons (Fsp3) is 0. The van der Waals surface area contributed by atoms with Gasteiger partial charge >= 0.3 is 0 Å². The second-order valence-corrected chi connectivity index (χ2v) is 5.27. The number of para-hydroxylation sites is 1. The molecule has 1 amide bonds. The minimum absolute atomic E-state index is 0.200. The topological polar surface area (TPSA) is 45.5 Å². The number of thiocarbonyl (C=S) groups is 1. The first-order chi connectivity index (χ1) is 9.65. The van der Waals surface area contributed by atoms with Crippen molar-refractivity contribution in [3.63, 3.8) is 0 Å². The molecule has 0 saturated carbocycles. The highest BCUT2D eigenvalue weighted by atomic mass is 79.9. The largest absolute Gasteiger partial charge is 0.450 e. The number of benzene rings is 1. The fourth-order valence-corrected chi connectivity index (χ4v) is 2.51. The highest BCUT2D eigenvalue weighted by molar-refractivity contribution is 9.10. The standard InChI is InChI=1S/C14H9BrN2O2S/c15-12-7-6-10(19-12)8-11-13(18)17(14(20)16-11)9-4-2-1-3-5-9/h1-8H,(H,16,20)/b11-8-. The van der Waals surface area contributed by atoms with Gasteiger partial charge in [-0.25, -0.2) is 0 Å². The Morgan fingerprint density at radius 3 is 2.60 bits per heavy atom. The number of nitrogens with zero attached hydrogens (tertiary/aromatic N) is 1. The van der Waals surface area contributed by atoms with Crippen molar-refractivity contribution in [3.8, 4) is 0 Å². The zero-order chi connectivity index (χ0) is 14.1. The molecule has 20 heavy (non-hydrogen) atoms. The molecule has 3 rings (SSSR count). The average Bonchev–Trinajstić information content (AvgIpc) is 2.96. The van der Waals surface area contributed by atoms with E-state index in [1.54, 1.807) is 18.2 Å². The molecule has 0 radical (unpaired) electrons. The second-order valence-electron chi connectivity index (χ2n) is 4.11. The predicted molar refractivity (Wildman–Crippen MR) is 84.0 cm³/mol. The summed E-state index contributed by atoms with van der Waals surface area (Å²) in [6.07, 6.45) is 1.63. The average molecular weight is 349 g/mol. The summed E-state index contributed by atoms with van der Waals surface area (Å²) in [6.45, 7) is 0. The van der Waals surface area contributed by atoms with E-state index in [1.807, 2.05) is 30.3 Å². The van der Waals surface area contributed by atoms with Crippen LogP contribution in [0.5, 0.6) is 0 Å². The van der Waals surface area contributed by atoms with Gasteiger partial charge in [0.2, 0.25) is 0 Å². The molecule has 1 fully saturated rings. The molecule has 0 atom stereocenters. The van der Waals surface area contributed by atoms with Crippen LogP contribution in [0.2, 0.25) is 0 Å². The molecule has 1 aromatic heterocycles. The van der Waals surface area contributed by atoms with Crippen LogP contribution >= 0.6 is 28.1 Å². The van der Waals surface area contributed by atoms with Crippen LogP contribution in [0.4, 0.5) is 5.69 Å². The molecular weight excluding hydrogens is 340 g/mol. The van der Waals surface area contributed by atoms with Crippen LogP contribution in [0.15, 0.2) is 57.2 Å². The zero-order valence-electron chi connectivity index (χ0n) is 10.2. The predicted octanol–water partition coefficient (Wildman–Crippen LogP) is 3.30. The monoisotopic (exact) mass is 348 g/mol. The van der Waals surface area contributed by atoms with Crippen LogP contribution < -0.4 is 10.2 Å². The van der Waals surface area contributed by atoms with Crippen molar-refractivity contribution < 1.29 is 9.21 Å². The van der Waals surface area contributed by atoms with Crippen LogP contribution in [-0.4, -0.2) is 11.0 Å². The molecule has 6 heteroatoms. The third kappa shape index (κ3) is 2.39. The number of hydrogen-bond donors (Lipinski definition) is 1. The summed E-state index contributed by atoms with van der Waals surface area (Å²) in [6, 6.07) is 12.8. The Hall–Kier alpha value is -1.92. The first-order valence-electron chi connectivity index (χ1n) is 5.83.